The van der Waals surface area contributed by atoms with Gasteiger partial charge in [-0.2, -0.15) is 0 Å². The number of hydrogen-bond donors (Lipinski definition) is 0. The summed E-state index contributed by atoms with van der Waals surface area (Å²) >= 11 is 0. The summed E-state index contributed by atoms with van der Waals surface area (Å²) in [5.74, 6) is 0. The molecule has 0 radical (unpaired) electrons. The number of benzene rings is 17. The van der Waals surface area contributed by atoms with Crippen molar-refractivity contribution >= 4 is 75.4 Å². The molecule has 0 aliphatic heterocycles. The first kappa shape index (κ1) is 121. The molecule has 0 bridgehead atoms. The molecule has 0 unspecified atom stereocenters. The molecule has 0 heterocycles. The maximum Gasteiger partial charge on any atom is -0.0152 e. The summed E-state index contributed by atoms with van der Waals surface area (Å²) in [6.45, 7) is 82.6. The van der Waals surface area contributed by atoms with Crippen molar-refractivity contribution < 1.29 is 0 Å². The molecule has 0 nitrogen and oxygen atoms in total. The summed E-state index contributed by atoms with van der Waals surface area (Å²) < 4.78 is 0. The van der Waals surface area contributed by atoms with Crippen LogP contribution >= 0.6 is 0 Å². The molecule has 17 aromatic carbocycles. The van der Waals surface area contributed by atoms with Gasteiger partial charge in [0.1, 0.15) is 0 Å². The van der Waals surface area contributed by atoms with E-state index in [2.05, 4.69) is 466 Å². The highest BCUT2D eigenvalue weighted by molar-refractivity contribution is 5.90. The maximum atomic E-state index is 2.24. The fourth-order valence-corrected chi connectivity index (χ4v) is 12.9. The second kappa shape index (κ2) is 72.6. The van der Waals surface area contributed by atoms with Crippen LogP contribution in [0.1, 0.15) is 250 Å². The van der Waals surface area contributed by atoms with Crippen LogP contribution in [-0.4, -0.2) is 0 Å². The lowest BCUT2D eigenvalue weighted by atomic mass is 10.0. The van der Waals surface area contributed by atoms with Crippen molar-refractivity contribution in [2.24, 2.45) is 0 Å². The van der Waals surface area contributed by atoms with Crippen molar-refractivity contribution in [2.75, 3.05) is 0 Å². The molecule has 17 rings (SSSR count). The highest BCUT2D eigenvalue weighted by Gasteiger charge is 2.02. The van der Waals surface area contributed by atoms with Gasteiger partial charge in [-0.1, -0.05) is 527 Å². The van der Waals surface area contributed by atoms with Gasteiger partial charge in [0.2, 0.25) is 0 Å². The van der Waals surface area contributed by atoms with E-state index in [1.165, 1.54) is 187 Å². The average Bonchev–Trinajstić information content (AvgIpc) is 0.838. The van der Waals surface area contributed by atoms with Crippen molar-refractivity contribution in [1.29, 1.82) is 0 Å². The minimum atomic E-state index is 1.33. The first-order chi connectivity index (χ1) is 61.8. The molecule has 0 saturated carbocycles. The normalized spacial score (nSPS) is 9.09. The highest BCUT2D eigenvalue weighted by atomic mass is 14.1. The third kappa shape index (κ3) is 45.8. The average molecular weight is 1710 g/mol. The van der Waals surface area contributed by atoms with Crippen LogP contribution < -0.4 is 0 Å². The standard InChI is InChI=1S/7C12H12.3C8H10.10C2H6/c1-9-3-5-12-8-10(2)4-6-11(12)7-9;1-9-3-5-11-6-4-10(2)8-12(11)7-9;1-9-6-7-12-10(2)4-3-5-11(12)8-9;1-9-6-7-11-5-3-4-10(2)12(11)8-9;1-9-7-11-5-3-4-6-12(11)8-10(9)2;1-9-7-10(2)12-6-4-3-5-11(12)8-9;1-9-7-8-11-5-3-4-6-12(11)10(9)2;1-7-3-5-8(2)6-4-7;1-7-4-3-5-8(2)6-7;1-7-5-3-4-6-8(7)2;10*1-2/h7*3-8H,1-2H3;3*3-6H,1-2H3;10*1-2H3. The summed E-state index contributed by atoms with van der Waals surface area (Å²) in [4.78, 5) is 0. The molecule has 0 heteroatoms. The molecule has 0 amide bonds. The Morgan fingerprint density at radius 3 is 0.758 bits per heavy atom. The molecule has 0 aromatic heterocycles. The van der Waals surface area contributed by atoms with Crippen molar-refractivity contribution in [3.63, 3.8) is 0 Å². The maximum absolute atomic E-state index is 2.24. The zero-order valence-electron chi connectivity index (χ0n) is 88.2. The second-order valence-corrected chi connectivity index (χ2v) is 29.5. The quantitative estimate of drug-likeness (QED) is 0.142. The molecule has 0 saturated heterocycles. The lowest BCUT2D eigenvalue weighted by molar-refractivity contribution is 1.34. The summed E-state index contributed by atoms with van der Waals surface area (Å²) in [5.41, 5.74) is 27.0. The minimum absolute atomic E-state index is 1.33. The van der Waals surface area contributed by atoms with Gasteiger partial charge in [-0.3, -0.25) is 0 Å². The minimum Gasteiger partial charge on any atom is -0.0683 e. The lowest BCUT2D eigenvalue weighted by Gasteiger charge is -2.04. The number of hydrogen-bond acceptors (Lipinski definition) is 0. The van der Waals surface area contributed by atoms with E-state index in [0.29, 0.717) is 0 Å². The molecule has 17 aromatic rings. The first-order valence-corrected chi connectivity index (χ1v) is 48.1. The summed E-state index contributed by atoms with van der Waals surface area (Å²) in [6, 6.07) is 116. The van der Waals surface area contributed by atoms with E-state index in [1.54, 1.807) is 0 Å². The van der Waals surface area contributed by atoms with Gasteiger partial charge in [-0.15, -0.1) is 0 Å². The SMILES string of the molecule is CC.CC.CC.CC.CC.CC.CC.CC.CC.CC.Cc1cc(C)c2ccccc2c1.Cc1cc2ccccc2cc1C.Cc1ccc(C)cc1.Cc1ccc2c(C)cccc2c1.Cc1ccc2cc(C)ccc2c1.Cc1ccc2ccc(C)cc2c1.Cc1ccc2cccc(C)c2c1.Cc1ccc2ccccc2c1C.Cc1cccc(C)c1.Cc1ccccc1C. The Labute approximate surface area is 785 Å². The zero-order chi connectivity index (χ0) is 97.8. The van der Waals surface area contributed by atoms with Crippen LogP contribution in [0.5, 0.6) is 0 Å². The third-order valence-corrected chi connectivity index (χ3v) is 19.7. The van der Waals surface area contributed by atoms with Crippen LogP contribution in [0.2, 0.25) is 0 Å². The molecular weight excluding hydrogens is 1540 g/mol. The fraction of sp³-hybridized carbons (Fsp3) is 0.312. The van der Waals surface area contributed by atoms with Gasteiger partial charge in [0.05, 0.1) is 0 Å². The van der Waals surface area contributed by atoms with Crippen LogP contribution in [0.25, 0.3) is 75.4 Å². The number of rotatable bonds is 0. The predicted octanol–water partition coefficient (Wildman–Crippen LogP) is 41.4. The van der Waals surface area contributed by atoms with Gasteiger partial charge >= 0.3 is 0 Å². The smallest absolute Gasteiger partial charge is 0.0152 e. The zero-order valence-corrected chi connectivity index (χ0v) is 88.2. The Bertz CT molecular complexity index is 5500. The summed E-state index contributed by atoms with van der Waals surface area (Å²) in [6.07, 6.45) is 0. The number of fused-ring (bicyclic) bond motifs is 7. The van der Waals surface area contributed by atoms with Gasteiger partial charge in [0.15, 0.2) is 0 Å². The Hall–Kier alpha value is -11.4. The third-order valence-electron chi connectivity index (χ3n) is 19.7. The monoisotopic (exact) mass is 1710 g/mol. The highest BCUT2D eigenvalue weighted by Crippen LogP contribution is 2.25. The molecule has 0 N–H and O–H groups in total. The topological polar surface area (TPSA) is 0 Å². The van der Waals surface area contributed by atoms with Gasteiger partial charge in [0.25, 0.3) is 0 Å². The van der Waals surface area contributed by atoms with Crippen LogP contribution in [0.3, 0.4) is 0 Å². The summed E-state index contributed by atoms with van der Waals surface area (Å²) in [7, 11) is 0. The molecule has 0 aliphatic carbocycles. The molecule has 686 valence electrons. The van der Waals surface area contributed by atoms with Crippen molar-refractivity contribution in [3.05, 3.63) is 439 Å². The van der Waals surface area contributed by atoms with Crippen LogP contribution in [0, 0.1) is 138 Å². The van der Waals surface area contributed by atoms with E-state index in [4.69, 9.17) is 0 Å². The van der Waals surface area contributed by atoms with E-state index in [-0.39, 0.29) is 0 Å². The Morgan fingerprint density at radius 2 is 0.352 bits per heavy atom. The largest absolute Gasteiger partial charge is 0.0683 e. The fourth-order valence-electron chi connectivity index (χ4n) is 12.9. The van der Waals surface area contributed by atoms with E-state index in [1.807, 2.05) is 138 Å². The number of aryl methyl sites for hydroxylation is 20. The van der Waals surface area contributed by atoms with Crippen molar-refractivity contribution in [2.45, 2.75) is 277 Å². The van der Waals surface area contributed by atoms with Crippen LogP contribution in [0.15, 0.2) is 328 Å². The van der Waals surface area contributed by atoms with Crippen LogP contribution in [-0.2, 0) is 0 Å². The van der Waals surface area contributed by atoms with Crippen molar-refractivity contribution in [3.8, 4) is 0 Å². The Morgan fingerprint density at radius 1 is 0.102 bits per heavy atom. The molecule has 0 spiro atoms. The molecule has 0 aliphatic rings. The van der Waals surface area contributed by atoms with Gasteiger partial charge in [0, 0.05) is 0 Å². The predicted molar refractivity (Wildman–Crippen MR) is 595 cm³/mol. The second-order valence-electron chi connectivity index (χ2n) is 29.5. The molecule has 0 fully saturated rings. The van der Waals surface area contributed by atoms with E-state index >= 15 is 0 Å². The van der Waals surface area contributed by atoms with Gasteiger partial charge in [-0.05, 0) is 264 Å². The van der Waals surface area contributed by atoms with E-state index in [9.17, 15) is 0 Å². The van der Waals surface area contributed by atoms with E-state index < -0.39 is 0 Å². The first-order valence-electron chi connectivity index (χ1n) is 48.1. The van der Waals surface area contributed by atoms with Gasteiger partial charge < -0.3 is 0 Å². The Kier molecular flexibility index (Phi) is 68.4. The molecular formula is C128H174. The lowest BCUT2D eigenvalue weighted by Crippen LogP contribution is -1.82. The Balaban J connectivity index is -0.00000133. The van der Waals surface area contributed by atoms with Crippen molar-refractivity contribution in [1.82, 2.24) is 0 Å². The molecule has 128 heavy (non-hydrogen) atoms. The summed E-state index contributed by atoms with van der Waals surface area (Å²) in [5, 5.41) is 18.8. The van der Waals surface area contributed by atoms with Gasteiger partial charge in [-0.25, -0.2) is 0 Å². The van der Waals surface area contributed by atoms with Crippen LogP contribution in [0.4, 0.5) is 0 Å². The van der Waals surface area contributed by atoms with E-state index in [0.717, 1.165) is 0 Å². The molecule has 0 atom stereocenters.